The summed E-state index contributed by atoms with van der Waals surface area (Å²) in [6.45, 7) is 0. The van der Waals surface area contributed by atoms with Crippen molar-refractivity contribution < 1.29 is 4.21 Å². The summed E-state index contributed by atoms with van der Waals surface area (Å²) in [5.41, 5.74) is 1.10. The molecule has 0 spiro atoms. The largest absolute Gasteiger partial charge is 0.254 e. The van der Waals surface area contributed by atoms with E-state index in [2.05, 4.69) is 4.98 Å². The molecule has 1 atom stereocenters. The number of rotatable bonds is 3. The molecule has 6 heteroatoms. The molecule has 1 aromatic heterocycles. The van der Waals surface area contributed by atoms with Crippen LogP contribution in [0.2, 0.25) is 10.0 Å². The number of aromatic nitrogens is 1. The molecule has 0 aliphatic heterocycles. The highest BCUT2D eigenvalue weighted by atomic mass is 35.5. The topological polar surface area (TPSA) is 53.8 Å². The third-order valence-corrected chi connectivity index (χ3v) is 4.50. The van der Waals surface area contributed by atoms with Crippen LogP contribution in [-0.2, 0) is 16.6 Å². The summed E-state index contributed by atoms with van der Waals surface area (Å²) in [5, 5.41) is 9.56. The van der Waals surface area contributed by atoms with E-state index in [1.54, 1.807) is 30.3 Å². The van der Waals surface area contributed by atoms with Crippen LogP contribution in [-0.4, -0.2) is 9.19 Å². The first-order chi connectivity index (χ1) is 9.10. The van der Waals surface area contributed by atoms with Gasteiger partial charge in [-0.25, -0.2) is 4.98 Å². The van der Waals surface area contributed by atoms with Crippen molar-refractivity contribution in [2.24, 2.45) is 0 Å². The third kappa shape index (κ3) is 3.54. The fraction of sp³-hybridized carbons (Fsp3) is 0.0769. The zero-order chi connectivity index (χ0) is 13.8. The molecule has 0 aliphatic rings. The van der Waals surface area contributed by atoms with Crippen LogP contribution in [0.5, 0.6) is 0 Å². The van der Waals surface area contributed by atoms with E-state index in [0.29, 0.717) is 26.4 Å². The van der Waals surface area contributed by atoms with Gasteiger partial charge < -0.3 is 0 Å². The molecule has 1 aromatic carbocycles. The summed E-state index contributed by atoms with van der Waals surface area (Å²) >= 11 is 11.7. The van der Waals surface area contributed by atoms with Crippen LogP contribution in [0.4, 0.5) is 0 Å². The molecule has 1 unspecified atom stereocenters. The highest BCUT2D eigenvalue weighted by Crippen LogP contribution is 2.25. The van der Waals surface area contributed by atoms with Gasteiger partial charge in [0.15, 0.2) is 0 Å². The molecule has 3 nitrogen and oxygen atoms in total. The van der Waals surface area contributed by atoms with Gasteiger partial charge in [-0.1, -0.05) is 23.2 Å². The lowest BCUT2D eigenvalue weighted by atomic mass is 10.2. The van der Waals surface area contributed by atoms with Gasteiger partial charge in [0.1, 0.15) is 11.8 Å². The summed E-state index contributed by atoms with van der Waals surface area (Å²) in [6, 6.07) is 10.2. The molecule has 1 heterocycles. The lowest BCUT2D eigenvalue weighted by Gasteiger charge is -2.04. The average molecular weight is 311 g/mol. The first kappa shape index (κ1) is 14.0. The number of hydrogen-bond donors (Lipinski definition) is 0. The van der Waals surface area contributed by atoms with E-state index in [9.17, 15) is 4.21 Å². The second kappa shape index (κ2) is 6.16. The van der Waals surface area contributed by atoms with Gasteiger partial charge in [-0.3, -0.25) is 4.21 Å². The quantitative estimate of drug-likeness (QED) is 0.871. The van der Waals surface area contributed by atoms with Crippen molar-refractivity contribution in [3.63, 3.8) is 0 Å². The number of pyridine rings is 1. The van der Waals surface area contributed by atoms with Crippen LogP contribution in [0.3, 0.4) is 0 Å². The maximum absolute atomic E-state index is 12.2. The maximum Gasteiger partial charge on any atom is 0.140 e. The fourth-order valence-electron chi connectivity index (χ4n) is 1.48. The Morgan fingerprint density at radius 2 is 2.00 bits per heavy atom. The predicted octanol–water partition coefficient (Wildman–Crippen LogP) is 3.57. The van der Waals surface area contributed by atoms with Gasteiger partial charge in [-0.15, -0.1) is 0 Å². The standard InChI is InChI=1S/C13H8Cl2N2OS/c14-12-2-1-11(6-13(12)15)19(18)8-9-3-4-17-10(5-9)7-16/h1-6H,8H2. The van der Waals surface area contributed by atoms with Gasteiger partial charge in [-0.05, 0) is 35.9 Å². The monoisotopic (exact) mass is 310 g/mol. The van der Waals surface area contributed by atoms with E-state index in [4.69, 9.17) is 28.5 Å². The first-order valence-electron chi connectivity index (χ1n) is 5.28. The van der Waals surface area contributed by atoms with Crippen molar-refractivity contribution in [2.75, 3.05) is 0 Å². The number of nitriles is 1. The van der Waals surface area contributed by atoms with Gasteiger partial charge in [0.2, 0.25) is 0 Å². The van der Waals surface area contributed by atoms with Crippen LogP contribution in [0.1, 0.15) is 11.3 Å². The molecule has 0 fully saturated rings. The molecule has 96 valence electrons. The molecule has 19 heavy (non-hydrogen) atoms. The second-order valence-electron chi connectivity index (χ2n) is 3.73. The van der Waals surface area contributed by atoms with E-state index < -0.39 is 10.8 Å². The summed E-state index contributed by atoms with van der Waals surface area (Å²) in [7, 11) is -1.24. The minimum Gasteiger partial charge on any atom is -0.254 e. The third-order valence-electron chi connectivity index (χ3n) is 2.39. The predicted molar refractivity (Wildman–Crippen MR) is 75.5 cm³/mol. The van der Waals surface area contributed by atoms with Crippen molar-refractivity contribution in [1.29, 1.82) is 5.26 Å². The minimum atomic E-state index is -1.24. The van der Waals surface area contributed by atoms with Crippen LogP contribution < -0.4 is 0 Å². The summed E-state index contributed by atoms with van der Waals surface area (Å²) in [5.74, 6) is 0.301. The Hall–Kier alpha value is -1.41. The lowest BCUT2D eigenvalue weighted by molar-refractivity contribution is 0.682. The van der Waals surface area contributed by atoms with Gasteiger partial charge in [-0.2, -0.15) is 5.26 Å². The molecule has 0 saturated carbocycles. The zero-order valence-corrected chi connectivity index (χ0v) is 12.0. The number of halogens is 2. The Bertz CT molecular complexity index is 683. The molecule has 0 amide bonds. The fourth-order valence-corrected chi connectivity index (χ4v) is 2.96. The van der Waals surface area contributed by atoms with Gasteiger partial charge in [0, 0.05) is 11.1 Å². The first-order valence-corrected chi connectivity index (χ1v) is 7.36. The molecule has 0 N–H and O–H groups in total. The van der Waals surface area contributed by atoms with Crippen molar-refractivity contribution >= 4 is 34.0 Å². The molecule has 0 radical (unpaired) electrons. The highest BCUT2D eigenvalue weighted by molar-refractivity contribution is 7.84. The molecule has 2 rings (SSSR count). The van der Waals surface area contributed by atoms with Crippen LogP contribution in [0.15, 0.2) is 41.4 Å². The Labute approximate surface area is 123 Å². The van der Waals surface area contributed by atoms with Crippen LogP contribution >= 0.6 is 23.2 Å². The van der Waals surface area contributed by atoms with Crippen molar-refractivity contribution in [3.8, 4) is 6.07 Å². The highest BCUT2D eigenvalue weighted by Gasteiger charge is 2.08. The SMILES string of the molecule is N#Cc1cc(CS(=O)c2ccc(Cl)c(Cl)c2)ccn1. The summed E-state index contributed by atoms with van der Waals surface area (Å²) in [6.07, 6.45) is 1.53. The number of hydrogen-bond acceptors (Lipinski definition) is 3. The van der Waals surface area contributed by atoms with Gasteiger partial charge >= 0.3 is 0 Å². The minimum absolute atomic E-state index is 0.301. The Kier molecular flexibility index (Phi) is 4.54. The Morgan fingerprint density at radius 1 is 1.21 bits per heavy atom. The van der Waals surface area contributed by atoms with Crippen molar-refractivity contribution in [3.05, 3.63) is 57.8 Å². The normalized spacial score (nSPS) is 11.8. The molecule has 0 aliphatic carbocycles. The lowest BCUT2D eigenvalue weighted by Crippen LogP contribution is -1.97. The van der Waals surface area contributed by atoms with Crippen molar-refractivity contribution in [1.82, 2.24) is 4.98 Å². The van der Waals surface area contributed by atoms with E-state index in [-0.39, 0.29) is 0 Å². The Balaban J connectivity index is 2.21. The van der Waals surface area contributed by atoms with Gasteiger partial charge in [0.05, 0.1) is 26.6 Å². The molecule has 0 saturated heterocycles. The molecule has 0 bridgehead atoms. The zero-order valence-electron chi connectivity index (χ0n) is 9.64. The van der Waals surface area contributed by atoms with Crippen LogP contribution in [0, 0.1) is 11.3 Å². The number of benzene rings is 1. The van der Waals surface area contributed by atoms with E-state index in [1.807, 2.05) is 6.07 Å². The smallest absolute Gasteiger partial charge is 0.140 e. The van der Waals surface area contributed by atoms with Crippen molar-refractivity contribution in [2.45, 2.75) is 10.6 Å². The maximum atomic E-state index is 12.2. The molecule has 2 aromatic rings. The summed E-state index contributed by atoms with van der Waals surface area (Å²) < 4.78 is 12.2. The Morgan fingerprint density at radius 3 is 2.68 bits per heavy atom. The average Bonchev–Trinajstić information content (AvgIpc) is 2.42. The molecular formula is C13H8Cl2N2OS. The number of nitrogens with zero attached hydrogens (tertiary/aromatic N) is 2. The van der Waals surface area contributed by atoms with E-state index in [0.717, 1.165) is 5.56 Å². The van der Waals surface area contributed by atoms with E-state index >= 15 is 0 Å². The van der Waals surface area contributed by atoms with Gasteiger partial charge in [0.25, 0.3) is 0 Å². The van der Waals surface area contributed by atoms with E-state index in [1.165, 1.54) is 6.20 Å². The summed E-state index contributed by atoms with van der Waals surface area (Å²) in [4.78, 5) is 4.47. The van der Waals surface area contributed by atoms with Crippen LogP contribution in [0.25, 0.3) is 0 Å². The second-order valence-corrected chi connectivity index (χ2v) is 5.99. The molecular weight excluding hydrogens is 303 g/mol.